The van der Waals surface area contributed by atoms with E-state index in [-0.39, 0.29) is 0 Å². The van der Waals surface area contributed by atoms with Crippen molar-refractivity contribution in [1.82, 2.24) is 4.31 Å². The summed E-state index contributed by atoms with van der Waals surface area (Å²) in [5.41, 5.74) is 3.67. The molecule has 0 aliphatic carbocycles. The Balaban J connectivity index is 1.75. The molecule has 3 rings (SSSR count). The molecule has 2 aromatic rings. The highest BCUT2D eigenvalue weighted by atomic mass is 127. The molecule has 0 amide bonds. The topological polar surface area (TPSA) is 40.6 Å². The SMILES string of the molecule is Cc1ccc(C)c(N2CCN(S(=O)(=O)c3ccc(I)cc3)CC2)c1. The fraction of sp³-hybridized carbons (Fsp3) is 0.333. The number of piperazine rings is 1. The molecule has 1 aliphatic heterocycles. The van der Waals surface area contributed by atoms with Gasteiger partial charge in [0.05, 0.1) is 4.90 Å². The van der Waals surface area contributed by atoms with Crippen LogP contribution < -0.4 is 4.90 Å². The first kappa shape index (κ1) is 17.7. The lowest BCUT2D eigenvalue weighted by Crippen LogP contribution is -2.48. The predicted octanol–water partition coefficient (Wildman–Crippen LogP) is 3.42. The van der Waals surface area contributed by atoms with Gasteiger partial charge in [0.15, 0.2) is 0 Å². The number of rotatable bonds is 3. The molecule has 0 unspecified atom stereocenters. The van der Waals surface area contributed by atoms with Crippen LogP contribution in [-0.2, 0) is 10.0 Å². The Morgan fingerprint density at radius 1 is 0.917 bits per heavy atom. The maximum absolute atomic E-state index is 12.8. The van der Waals surface area contributed by atoms with E-state index in [1.165, 1.54) is 16.8 Å². The molecule has 6 heteroatoms. The molecular weight excluding hydrogens is 435 g/mol. The number of benzene rings is 2. The lowest BCUT2D eigenvalue weighted by molar-refractivity contribution is 0.384. The van der Waals surface area contributed by atoms with Crippen LogP contribution in [0.3, 0.4) is 0 Å². The van der Waals surface area contributed by atoms with Crippen molar-refractivity contribution in [3.8, 4) is 0 Å². The van der Waals surface area contributed by atoms with Gasteiger partial charge in [0.2, 0.25) is 10.0 Å². The number of halogens is 1. The zero-order valence-corrected chi connectivity index (χ0v) is 16.8. The Morgan fingerprint density at radius 3 is 2.17 bits per heavy atom. The maximum Gasteiger partial charge on any atom is 0.243 e. The third-order valence-electron chi connectivity index (χ3n) is 4.40. The zero-order valence-electron chi connectivity index (χ0n) is 13.9. The van der Waals surface area contributed by atoms with Crippen molar-refractivity contribution < 1.29 is 8.42 Å². The second-order valence-corrected chi connectivity index (χ2v) is 9.32. The Hall–Kier alpha value is -1.12. The summed E-state index contributed by atoms with van der Waals surface area (Å²) >= 11 is 2.18. The van der Waals surface area contributed by atoms with E-state index in [0.717, 1.165) is 3.57 Å². The molecule has 0 saturated carbocycles. The summed E-state index contributed by atoms with van der Waals surface area (Å²) in [7, 11) is -3.40. The second kappa shape index (κ2) is 7.01. The van der Waals surface area contributed by atoms with Crippen LogP contribution in [0, 0.1) is 17.4 Å². The minimum Gasteiger partial charge on any atom is -0.369 e. The Labute approximate surface area is 157 Å². The molecule has 1 saturated heterocycles. The lowest BCUT2D eigenvalue weighted by Gasteiger charge is -2.36. The summed E-state index contributed by atoms with van der Waals surface area (Å²) in [6, 6.07) is 13.5. The van der Waals surface area contributed by atoms with E-state index in [1.54, 1.807) is 16.4 Å². The van der Waals surface area contributed by atoms with E-state index >= 15 is 0 Å². The molecule has 0 atom stereocenters. The smallest absolute Gasteiger partial charge is 0.243 e. The Bertz CT molecular complexity index is 827. The van der Waals surface area contributed by atoms with Crippen molar-refractivity contribution >= 4 is 38.3 Å². The van der Waals surface area contributed by atoms with Gasteiger partial charge in [-0.25, -0.2) is 8.42 Å². The van der Waals surface area contributed by atoms with Gasteiger partial charge in [-0.1, -0.05) is 12.1 Å². The number of hydrogen-bond donors (Lipinski definition) is 0. The van der Waals surface area contributed by atoms with E-state index < -0.39 is 10.0 Å². The van der Waals surface area contributed by atoms with Gasteiger partial charge in [-0.3, -0.25) is 0 Å². The lowest BCUT2D eigenvalue weighted by atomic mass is 10.1. The maximum atomic E-state index is 12.8. The predicted molar refractivity (Wildman–Crippen MR) is 106 cm³/mol. The van der Waals surface area contributed by atoms with Crippen molar-refractivity contribution in [1.29, 1.82) is 0 Å². The first-order valence-corrected chi connectivity index (χ1v) is 10.5. The molecule has 0 aromatic heterocycles. The Morgan fingerprint density at radius 2 is 1.54 bits per heavy atom. The van der Waals surface area contributed by atoms with Gasteiger partial charge in [-0.05, 0) is 77.9 Å². The largest absolute Gasteiger partial charge is 0.369 e. The van der Waals surface area contributed by atoms with Crippen LogP contribution in [0.15, 0.2) is 47.4 Å². The second-order valence-electron chi connectivity index (χ2n) is 6.13. The van der Waals surface area contributed by atoms with Gasteiger partial charge in [0, 0.05) is 35.4 Å². The summed E-state index contributed by atoms with van der Waals surface area (Å²) in [5.74, 6) is 0. The zero-order chi connectivity index (χ0) is 17.3. The molecule has 4 nitrogen and oxygen atoms in total. The van der Waals surface area contributed by atoms with Crippen LogP contribution in [0.1, 0.15) is 11.1 Å². The monoisotopic (exact) mass is 456 g/mol. The van der Waals surface area contributed by atoms with Crippen molar-refractivity contribution in [3.63, 3.8) is 0 Å². The molecule has 2 aromatic carbocycles. The van der Waals surface area contributed by atoms with Gasteiger partial charge in [0.1, 0.15) is 0 Å². The number of aryl methyl sites for hydroxylation is 2. The van der Waals surface area contributed by atoms with Gasteiger partial charge in [0.25, 0.3) is 0 Å². The molecule has 0 N–H and O–H groups in total. The molecule has 128 valence electrons. The van der Waals surface area contributed by atoms with Gasteiger partial charge < -0.3 is 4.90 Å². The van der Waals surface area contributed by atoms with Crippen molar-refractivity contribution in [2.24, 2.45) is 0 Å². The third kappa shape index (κ3) is 3.60. The summed E-state index contributed by atoms with van der Waals surface area (Å²) in [6.07, 6.45) is 0. The van der Waals surface area contributed by atoms with Gasteiger partial charge in [-0.15, -0.1) is 0 Å². The fourth-order valence-corrected chi connectivity index (χ4v) is 4.77. The highest BCUT2D eigenvalue weighted by Gasteiger charge is 2.28. The number of sulfonamides is 1. The summed E-state index contributed by atoms with van der Waals surface area (Å²) < 4.78 is 28.2. The third-order valence-corrected chi connectivity index (χ3v) is 7.03. The standard InChI is InChI=1S/C18H21IN2O2S/c1-14-3-4-15(2)18(13-14)20-9-11-21(12-10-20)24(22,23)17-7-5-16(19)6-8-17/h3-8,13H,9-12H2,1-2H3. The van der Waals surface area contributed by atoms with Crippen molar-refractivity contribution in [2.75, 3.05) is 31.1 Å². The van der Waals surface area contributed by atoms with E-state index in [4.69, 9.17) is 0 Å². The van der Waals surface area contributed by atoms with Gasteiger partial charge in [-0.2, -0.15) is 4.31 Å². The average molecular weight is 456 g/mol. The molecule has 24 heavy (non-hydrogen) atoms. The van der Waals surface area contributed by atoms with E-state index in [2.05, 4.69) is 59.5 Å². The quantitative estimate of drug-likeness (QED) is 0.665. The minimum absolute atomic E-state index is 0.378. The average Bonchev–Trinajstić information content (AvgIpc) is 2.57. The van der Waals surface area contributed by atoms with E-state index in [9.17, 15) is 8.42 Å². The van der Waals surface area contributed by atoms with E-state index in [0.29, 0.717) is 31.1 Å². The molecule has 0 bridgehead atoms. The number of hydrogen-bond acceptors (Lipinski definition) is 3. The first-order valence-electron chi connectivity index (χ1n) is 7.96. The molecule has 1 heterocycles. The van der Waals surface area contributed by atoms with Crippen molar-refractivity contribution in [2.45, 2.75) is 18.7 Å². The normalized spacial score (nSPS) is 16.4. The molecular formula is C18H21IN2O2S. The molecule has 0 spiro atoms. The van der Waals surface area contributed by atoms with E-state index in [1.807, 2.05) is 12.1 Å². The fourth-order valence-electron chi connectivity index (χ4n) is 2.99. The van der Waals surface area contributed by atoms with Crippen LogP contribution in [0.25, 0.3) is 0 Å². The highest BCUT2D eigenvalue weighted by molar-refractivity contribution is 14.1. The highest BCUT2D eigenvalue weighted by Crippen LogP contribution is 2.25. The van der Waals surface area contributed by atoms with Crippen LogP contribution in [0.2, 0.25) is 0 Å². The minimum atomic E-state index is -3.40. The summed E-state index contributed by atoms with van der Waals surface area (Å²) in [6.45, 7) is 6.65. The van der Waals surface area contributed by atoms with Crippen molar-refractivity contribution in [3.05, 3.63) is 57.2 Å². The van der Waals surface area contributed by atoms with Crippen LogP contribution >= 0.6 is 22.6 Å². The van der Waals surface area contributed by atoms with Crippen LogP contribution in [0.4, 0.5) is 5.69 Å². The van der Waals surface area contributed by atoms with Gasteiger partial charge >= 0.3 is 0 Å². The Kier molecular flexibility index (Phi) is 5.17. The number of nitrogens with zero attached hydrogens (tertiary/aromatic N) is 2. The van der Waals surface area contributed by atoms with Crippen LogP contribution in [-0.4, -0.2) is 38.9 Å². The molecule has 0 radical (unpaired) electrons. The molecule has 1 aliphatic rings. The molecule has 1 fully saturated rings. The summed E-state index contributed by atoms with van der Waals surface area (Å²) in [5, 5.41) is 0. The summed E-state index contributed by atoms with van der Waals surface area (Å²) in [4.78, 5) is 2.66. The first-order chi connectivity index (χ1) is 11.4. The van der Waals surface area contributed by atoms with Crippen LogP contribution in [0.5, 0.6) is 0 Å². The number of anilines is 1.